The molecule has 1 atom stereocenters. The van der Waals surface area contributed by atoms with Crippen LogP contribution in [0.2, 0.25) is 0 Å². The molecule has 0 amide bonds. The summed E-state index contributed by atoms with van der Waals surface area (Å²) in [7, 11) is 0. The van der Waals surface area contributed by atoms with Crippen molar-refractivity contribution in [1.29, 1.82) is 0 Å². The Morgan fingerprint density at radius 2 is 2.29 bits per heavy atom. The second kappa shape index (κ2) is 3.33. The van der Waals surface area contributed by atoms with Crippen molar-refractivity contribution >= 4 is 0 Å². The molecule has 14 heavy (non-hydrogen) atoms. The van der Waals surface area contributed by atoms with E-state index in [1.165, 1.54) is 12.1 Å². The van der Waals surface area contributed by atoms with Crippen LogP contribution in [0.1, 0.15) is 17.5 Å². The molecule has 1 unspecified atom stereocenters. The van der Waals surface area contributed by atoms with E-state index in [-0.39, 0.29) is 5.82 Å². The van der Waals surface area contributed by atoms with E-state index in [0.717, 1.165) is 12.1 Å². The van der Waals surface area contributed by atoms with E-state index in [4.69, 9.17) is 0 Å². The van der Waals surface area contributed by atoms with E-state index in [1.54, 1.807) is 6.07 Å². The molecule has 1 fully saturated rings. The predicted molar refractivity (Wildman–Crippen MR) is 52.5 cm³/mol. The van der Waals surface area contributed by atoms with Crippen LogP contribution in [0.15, 0.2) is 18.2 Å². The van der Waals surface area contributed by atoms with Gasteiger partial charge in [-0.1, -0.05) is 6.07 Å². The number of aliphatic hydroxyl groups is 1. The Morgan fingerprint density at radius 3 is 2.93 bits per heavy atom. The Labute approximate surface area is 82.8 Å². The van der Waals surface area contributed by atoms with Crippen molar-refractivity contribution < 1.29 is 9.50 Å². The Hall–Kier alpha value is -0.930. The molecule has 0 radical (unpaired) electrons. The molecule has 2 rings (SSSR count). The van der Waals surface area contributed by atoms with Crippen molar-refractivity contribution in [2.45, 2.75) is 18.9 Å². The molecule has 76 valence electrons. The first-order chi connectivity index (χ1) is 6.62. The summed E-state index contributed by atoms with van der Waals surface area (Å²) < 4.78 is 13.0. The van der Waals surface area contributed by atoms with Gasteiger partial charge < -0.3 is 10.4 Å². The fourth-order valence-corrected chi connectivity index (χ4v) is 2.00. The molecule has 1 aromatic carbocycles. The number of hydrogen-bond donors (Lipinski definition) is 2. The average Bonchev–Trinajstić information content (AvgIpc) is 2.58. The van der Waals surface area contributed by atoms with Crippen molar-refractivity contribution in [1.82, 2.24) is 5.32 Å². The molecule has 1 aliphatic rings. The molecule has 1 aliphatic heterocycles. The average molecular weight is 195 g/mol. The maximum atomic E-state index is 13.0. The Bertz CT molecular complexity index is 345. The first kappa shape index (κ1) is 9.62. The van der Waals surface area contributed by atoms with E-state index in [0.29, 0.717) is 18.5 Å². The van der Waals surface area contributed by atoms with Gasteiger partial charge in [-0.25, -0.2) is 4.39 Å². The number of β-amino-alcohol motifs (C(OH)–C–C–N with tert-alkyl or cyclic N) is 1. The summed E-state index contributed by atoms with van der Waals surface area (Å²) in [5, 5.41) is 13.3. The Morgan fingerprint density at radius 1 is 1.50 bits per heavy atom. The van der Waals surface area contributed by atoms with E-state index < -0.39 is 5.60 Å². The fraction of sp³-hybridized carbons (Fsp3) is 0.455. The van der Waals surface area contributed by atoms with Crippen molar-refractivity contribution in [3.8, 4) is 0 Å². The van der Waals surface area contributed by atoms with Crippen molar-refractivity contribution in [2.24, 2.45) is 0 Å². The van der Waals surface area contributed by atoms with Crippen LogP contribution in [0.5, 0.6) is 0 Å². The van der Waals surface area contributed by atoms with E-state index in [2.05, 4.69) is 5.32 Å². The lowest BCUT2D eigenvalue weighted by atomic mass is 9.89. The topological polar surface area (TPSA) is 32.3 Å². The molecule has 1 saturated heterocycles. The van der Waals surface area contributed by atoms with Gasteiger partial charge in [0.25, 0.3) is 0 Å². The van der Waals surface area contributed by atoms with Crippen molar-refractivity contribution in [2.75, 3.05) is 13.1 Å². The summed E-state index contributed by atoms with van der Waals surface area (Å²) >= 11 is 0. The molecule has 2 N–H and O–H groups in total. The number of nitrogens with one attached hydrogen (secondary N) is 1. The van der Waals surface area contributed by atoms with E-state index in [1.807, 2.05) is 6.92 Å². The summed E-state index contributed by atoms with van der Waals surface area (Å²) in [6.45, 7) is 3.19. The van der Waals surface area contributed by atoms with Gasteiger partial charge >= 0.3 is 0 Å². The highest BCUT2D eigenvalue weighted by Gasteiger charge is 2.34. The van der Waals surface area contributed by atoms with Crippen LogP contribution in [0, 0.1) is 12.7 Å². The predicted octanol–water partition coefficient (Wildman–Crippen LogP) is 1.32. The normalized spacial score (nSPS) is 26.8. The van der Waals surface area contributed by atoms with Crippen LogP contribution in [-0.4, -0.2) is 18.2 Å². The SMILES string of the molecule is Cc1ccc(F)cc1C1(O)CCNC1. The summed E-state index contributed by atoms with van der Waals surface area (Å²) in [5.74, 6) is -0.286. The molecular weight excluding hydrogens is 181 g/mol. The number of benzene rings is 1. The fourth-order valence-electron chi connectivity index (χ4n) is 2.00. The molecule has 0 aromatic heterocycles. The summed E-state index contributed by atoms with van der Waals surface area (Å²) in [6, 6.07) is 4.56. The van der Waals surface area contributed by atoms with Gasteiger partial charge in [0, 0.05) is 6.54 Å². The quantitative estimate of drug-likeness (QED) is 0.708. The molecule has 0 aliphatic carbocycles. The lowest BCUT2D eigenvalue weighted by molar-refractivity contribution is 0.0577. The number of hydrogen-bond acceptors (Lipinski definition) is 2. The molecule has 1 aromatic rings. The van der Waals surface area contributed by atoms with Crippen LogP contribution in [0.25, 0.3) is 0 Å². The van der Waals surface area contributed by atoms with Gasteiger partial charge in [0.15, 0.2) is 0 Å². The third-order valence-electron chi connectivity index (χ3n) is 2.83. The van der Waals surface area contributed by atoms with Gasteiger partial charge in [-0.3, -0.25) is 0 Å². The standard InChI is InChI=1S/C11H14FNO/c1-8-2-3-9(12)6-10(8)11(14)4-5-13-7-11/h2-3,6,13-14H,4-5,7H2,1H3. The molecule has 3 heteroatoms. The summed E-state index contributed by atoms with van der Waals surface area (Å²) in [6.07, 6.45) is 0.650. The number of halogens is 1. The second-order valence-corrected chi connectivity index (χ2v) is 3.92. The number of aryl methyl sites for hydroxylation is 1. The maximum absolute atomic E-state index is 13.0. The van der Waals surface area contributed by atoms with Crippen LogP contribution < -0.4 is 5.32 Å². The highest BCUT2D eigenvalue weighted by Crippen LogP contribution is 2.30. The van der Waals surface area contributed by atoms with Crippen molar-refractivity contribution in [3.05, 3.63) is 35.1 Å². The van der Waals surface area contributed by atoms with Crippen LogP contribution >= 0.6 is 0 Å². The zero-order valence-electron chi connectivity index (χ0n) is 8.18. The van der Waals surface area contributed by atoms with Gasteiger partial charge in [0.05, 0.1) is 0 Å². The third-order valence-corrected chi connectivity index (χ3v) is 2.83. The monoisotopic (exact) mass is 195 g/mol. The summed E-state index contributed by atoms with van der Waals surface area (Å²) in [4.78, 5) is 0. The van der Waals surface area contributed by atoms with E-state index in [9.17, 15) is 9.50 Å². The zero-order valence-corrected chi connectivity index (χ0v) is 8.18. The van der Waals surface area contributed by atoms with E-state index >= 15 is 0 Å². The first-order valence-corrected chi connectivity index (χ1v) is 4.81. The molecular formula is C11H14FNO. The van der Waals surface area contributed by atoms with Crippen LogP contribution in [-0.2, 0) is 5.60 Å². The van der Waals surface area contributed by atoms with Gasteiger partial charge in [0.2, 0.25) is 0 Å². The lowest BCUT2D eigenvalue weighted by Gasteiger charge is -2.23. The minimum Gasteiger partial charge on any atom is -0.384 e. The Balaban J connectivity index is 2.44. The first-order valence-electron chi connectivity index (χ1n) is 4.81. The van der Waals surface area contributed by atoms with Crippen LogP contribution in [0.4, 0.5) is 4.39 Å². The molecule has 1 heterocycles. The van der Waals surface area contributed by atoms with Gasteiger partial charge in [-0.15, -0.1) is 0 Å². The maximum Gasteiger partial charge on any atom is 0.123 e. The molecule has 2 nitrogen and oxygen atoms in total. The number of rotatable bonds is 1. The minimum absolute atomic E-state index is 0.286. The lowest BCUT2D eigenvalue weighted by Crippen LogP contribution is -2.29. The highest BCUT2D eigenvalue weighted by molar-refractivity contribution is 5.33. The molecule has 0 bridgehead atoms. The van der Waals surface area contributed by atoms with Crippen LogP contribution in [0.3, 0.4) is 0 Å². The summed E-state index contributed by atoms with van der Waals surface area (Å²) in [5.41, 5.74) is 0.770. The highest BCUT2D eigenvalue weighted by atomic mass is 19.1. The zero-order chi connectivity index (χ0) is 10.2. The largest absolute Gasteiger partial charge is 0.384 e. The molecule has 0 spiro atoms. The van der Waals surface area contributed by atoms with Crippen molar-refractivity contribution in [3.63, 3.8) is 0 Å². The van der Waals surface area contributed by atoms with Gasteiger partial charge in [0.1, 0.15) is 11.4 Å². The minimum atomic E-state index is -0.883. The van der Waals surface area contributed by atoms with Gasteiger partial charge in [-0.2, -0.15) is 0 Å². The second-order valence-electron chi connectivity index (χ2n) is 3.92. The third kappa shape index (κ3) is 1.53. The smallest absolute Gasteiger partial charge is 0.123 e. The Kier molecular flexibility index (Phi) is 2.29. The van der Waals surface area contributed by atoms with Gasteiger partial charge in [-0.05, 0) is 43.1 Å². The molecule has 0 saturated carbocycles.